The summed E-state index contributed by atoms with van der Waals surface area (Å²) in [5.74, 6) is 2.10. The van der Waals surface area contributed by atoms with Gasteiger partial charge in [-0.15, -0.1) is 0 Å². The van der Waals surface area contributed by atoms with Gasteiger partial charge in [-0.25, -0.2) is 0 Å². The number of hydrogen-bond acceptors (Lipinski definition) is 8. The number of carbonyl (C=O) groups excluding carboxylic acids is 2. The summed E-state index contributed by atoms with van der Waals surface area (Å²) in [6, 6.07) is 10.3. The zero-order valence-electron chi connectivity index (χ0n) is 21.9. The molecule has 0 unspecified atom stereocenters. The summed E-state index contributed by atoms with van der Waals surface area (Å²) >= 11 is 0. The summed E-state index contributed by atoms with van der Waals surface area (Å²) in [6.45, 7) is 3.97. The molecule has 4 bridgehead atoms. The van der Waals surface area contributed by atoms with Crippen molar-refractivity contribution in [2.75, 3.05) is 53.7 Å². The number of rotatable bonds is 4. The van der Waals surface area contributed by atoms with Gasteiger partial charge in [0.05, 0.1) is 20.3 Å². The molecular weight excluding hydrogens is 490 g/mol. The van der Waals surface area contributed by atoms with Crippen LogP contribution in [-0.4, -0.2) is 82.5 Å². The van der Waals surface area contributed by atoms with Crippen molar-refractivity contribution in [3.63, 3.8) is 0 Å². The second-order valence-electron chi connectivity index (χ2n) is 9.95. The van der Waals surface area contributed by atoms with Crippen molar-refractivity contribution in [3.05, 3.63) is 47.5 Å². The third-order valence-electron chi connectivity index (χ3n) is 7.29. The average Bonchev–Trinajstić information content (AvgIpc) is 3.30. The third kappa shape index (κ3) is 6.31. The Labute approximate surface area is 222 Å². The number of likely N-dealkylation sites (tertiary alicyclic amines) is 1. The predicted octanol–water partition coefficient (Wildman–Crippen LogP) is 2.00. The van der Waals surface area contributed by atoms with Crippen molar-refractivity contribution in [3.8, 4) is 23.0 Å². The van der Waals surface area contributed by atoms with E-state index in [1.807, 2.05) is 18.2 Å². The number of carbonyl (C=O) groups is 2. The van der Waals surface area contributed by atoms with Gasteiger partial charge in [0.25, 0.3) is 11.8 Å². The van der Waals surface area contributed by atoms with Crippen molar-refractivity contribution < 1.29 is 33.3 Å². The molecule has 2 saturated heterocycles. The highest BCUT2D eigenvalue weighted by Crippen LogP contribution is 2.29. The van der Waals surface area contributed by atoms with Gasteiger partial charge < -0.3 is 34.3 Å². The summed E-state index contributed by atoms with van der Waals surface area (Å²) in [6.07, 6.45) is 1.83. The number of ether oxygens (including phenoxy) is 5. The lowest BCUT2D eigenvalue weighted by Gasteiger charge is -2.26. The van der Waals surface area contributed by atoms with Crippen LogP contribution < -0.4 is 29.6 Å². The first-order valence-corrected chi connectivity index (χ1v) is 13.0. The van der Waals surface area contributed by atoms with E-state index in [1.165, 1.54) is 7.11 Å². The predicted molar refractivity (Wildman–Crippen MR) is 139 cm³/mol. The van der Waals surface area contributed by atoms with Gasteiger partial charge in [-0.1, -0.05) is 0 Å². The van der Waals surface area contributed by atoms with Crippen LogP contribution in [0, 0.1) is 5.92 Å². The molecule has 10 nitrogen and oxygen atoms in total. The van der Waals surface area contributed by atoms with Gasteiger partial charge in [0, 0.05) is 62.7 Å². The highest BCUT2D eigenvalue weighted by atomic mass is 16.5. The molecular formula is C28H35N3O7. The normalized spacial score (nSPS) is 22.9. The van der Waals surface area contributed by atoms with Gasteiger partial charge in [0.2, 0.25) is 0 Å². The minimum atomic E-state index is -0.301. The van der Waals surface area contributed by atoms with Crippen LogP contribution in [0.4, 0.5) is 0 Å². The van der Waals surface area contributed by atoms with Crippen LogP contribution in [0.15, 0.2) is 36.4 Å². The molecule has 2 aromatic carbocycles. The molecule has 2 N–H and O–H groups in total. The summed E-state index contributed by atoms with van der Waals surface area (Å²) in [5, 5.41) is 6.02. The van der Waals surface area contributed by atoms with Crippen molar-refractivity contribution in [2.45, 2.75) is 31.5 Å². The largest absolute Gasteiger partial charge is 0.497 e. The summed E-state index contributed by atoms with van der Waals surface area (Å²) < 4.78 is 28.6. The Morgan fingerprint density at radius 1 is 1.00 bits per heavy atom. The first kappa shape index (κ1) is 26.1. The Bertz CT molecular complexity index is 1150. The van der Waals surface area contributed by atoms with Crippen LogP contribution in [0.25, 0.3) is 0 Å². The van der Waals surface area contributed by atoms with Gasteiger partial charge in [0.1, 0.15) is 29.1 Å². The first-order chi connectivity index (χ1) is 18.5. The number of fused-ring (bicyclic) bond motifs is 7. The zero-order chi connectivity index (χ0) is 26.5. The standard InChI is InChI=1S/C28H35N3O7/c1-34-22-9-20-10-23(11-22)37-17-27(32)29-13-19-3-4-21(12-25(19)35-2)38-26-16-31(15-24(26)30-28(20)33)14-18-5-7-36-8-6-18/h3-4,9-12,18,24,26H,5-8,13-17H2,1-2H3,(H,29,32)(H,30,33)/t24-,26-/m0/s1. The first-order valence-electron chi connectivity index (χ1n) is 13.0. The molecule has 0 saturated carbocycles. The smallest absolute Gasteiger partial charge is 0.258 e. The zero-order valence-corrected chi connectivity index (χ0v) is 21.9. The van der Waals surface area contributed by atoms with Crippen LogP contribution in [0.5, 0.6) is 23.0 Å². The molecule has 2 fully saturated rings. The lowest BCUT2D eigenvalue weighted by atomic mass is 10.00. The Kier molecular flexibility index (Phi) is 8.19. The maximum absolute atomic E-state index is 13.4. The van der Waals surface area contributed by atoms with Gasteiger partial charge in [-0.05, 0) is 43.0 Å². The van der Waals surface area contributed by atoms with Crippen LogP contribution >= 0.6 is 0 Å². The molecule has 2 amide bonds. The van der Waals surface area contributed by atoms with E-state index in [9.17, 15) is 9.59 Å². The van der Waals surface area contributed by atoms with E-state index in [1.54, 1.807) is 25.3 Å². The van der Waals surface area contributed by atoms with Gasteiger partial charge >= 0.3 is 0 Å². The molecule has 2 atom stereocenters. The fraction of sp³-hybridized carbons (Fsp3) is 0.500. The molecule has 38 heavy (non-hydrogen) atoms. The Balaban J connectivity index is 1.43. The molecule has 4 aliphatic heterocycles. The van der Waals surface area contributed by atoms with E-state index in [0.29, 0.717) is 47.6 Å². The highest BCUT2D eigenvalue weighted by Gasteiger charge is 2.37. The highest BCUT2D eigenvalue weighted by molar-refractivity contribution is 5.95. The lowest BCUT2D eigenvalue weighted by molar-refractivity contribution is -0.123. The minimum absolute atomic E-state index is 0.205. The van der Waals surface area contributed by atoms with Crippen LogP contribution in [0.3, 0.4) is 0 Å². The second-order valence-corrected chi connectivity index (χ2v) is 9.95. The second kappa shape index (κ2) is 11.9. The fourth-order valence-electron chi connectivity index (χ4n) is 5.22. The van der Waals surface area contributed by atoms with Gasteiger partial charge in [-0.2, -0.15) is 0 Å². The van der Waals surface area contributed by atoms with Crippen molar-refractivity contribution in [1.82, 2.24) is 15.5 Å². The topological polar surface area (TPSA) is 108 Å². The molecule has 0 aliphatic carbocycles. The molecule has 0 spiro atoms. The third-order valence-corrected chi connectivity index (χ3v) is 7.29. The van der Waals surface area contributed by atoms with Crippen LogP contribution in [0.1, 0.15) is 28.8 Å². The molecule has 0 radical (unpaired) electrons. The van der Waals surface area contributed by atoms with Crippen LogP contribution in [-0.2, 0) is 16.1 Å². The fourth-order valence-corrected chi connectivity index (χ4v) is 5.22. The van der Waals surface area contributed by atoms with E-state index >= 15 is 0 Å². The quantitative estimate of drug-likeness (QED) is 0.624. The Morgan fingerprint density at radius 2 is 1.84 bits per heavy atom. The molecule has 4 heterocycles. The summed E-state index contributed by atoms with van der Waals surface area (Å²) in [4.78, 5) is 28.2. The van der Waals surface area contributed by atoms with Crippen molar-refractivity contribution >= 4 is 11.8 Å². The van der Waals surface area contributed by atoms with E-state index in [4.69, 9.17) is 23.7 Å². The van der Waals surface area contributed by atoms with E-state index in [2.05, 4.69) is 15.5 Å². The van der Waals surface area contributed by atoms with E-state index in [-0.39, 0.29) is 37.1 Å². The van der Waals surface area contributed by atoms with Crippen LogP contribution in [0.2, 0.25) is 0 Å². The Morgan fingerprint density at radius 3 is 2.63 bits per heavy atom. The van der Waals surface area contributed by atoms with Crippen molar-refractivity contribution in [2.24, 2.45) is 5.92 Å². The molecule has 204 valence electrons. The summed E-state index contributed by atoms with van der Waals surface area (Å²) in [5.41, 5.74) is 1.20. The monoisotopic (exact) mass is 525 g/mol. The number of benzene rings is 2. The van der Waals surface area contributed by atoms with E-state index in [0.717, 1.165) is 38.2 Å². The number of nitrogens with zero attached hydrogens (tertiary/aromatic N) is 1. The van der Waals surface area contributed by atoms with E-state index < -0.39 is 0 Å². The summed E-state index contributed by atoms with van der Waals surface area (Å²) in [7, 11) is 3.11. The van der Waals surface area contributed by atoms with Crippen molar-refractivity contribution in [1.29, 1.82) is 0 Å². The molecule has 6 rings (SSSR count). The molecule has 2 aromatic rings. The SMILES string of the molecule is COc1cc2cc(c1)C(=O)N[C@H]1CN(CC3CCOCC3)C[C@@H]1Oc1ccc(c(OC)c1)CNC(=O)CO2. The number of methoxy groups -OCH3 is 2. The molecule has 0 aromatic heterocycles. The minimum Gasteiger partial charge on any atom is -0.497 e. The number of nitrogens with one attached hydrogen (secondary N) is 2. The van der Waals surface area contributed by atoms with Gasteiger partial charge in [0.15, 0.2) is 6.61 Å². The number of amides is 2. The van der Waals surface area contributed by atoms with Gasteiger partial charge in [-0.3, -0.25) is 14.5 Å². The lowest BCUT2D eigenvalue weighted by Crippen LogP contribution is -2.45. The maximum atomic E-state index is 13.4. The molecule has 10 heteroatoms. The molecule has 4 aliphatic rings. The Hall–Kier alpha value is -3.50. The maximum Gasteiger partial charge on any atom is 0.258 e. The average molecular weight is 526 g/mol. The number of hydrogen-bond donors (Lipinski definition) is 2.